The van der Waals surface area contributed by atoms with Gasteiger partial charge in [0, 0.05) is 30.2 Å². The number of H-pyrrole nitrogens is 1. The third-order valence-corrected chi connectivity index (χ3v) is 5.14. The second-order valence-corrected chi connectivity index (χ2v) is 7.88. The molecular formula is C19H20N2O2S. The summed E-state index contributed by atoms with van der Waals surface area (Å²) in [6, 6.07) is 17.3. The van der Waals surface area contributed by atoms with Crippen molar-refractivity contribution < 1.29 is 8.42 Å². The summed E-state index contributed by atoms with van der Waals surface area (Å²) in [7, 11) is -1.29. The van der Waals surface area contributed by atoms with Gasteiger partial charge in [0.25, 0.3) is 0 Å². The molecule has 0 atom stereocenters. The number of sulfone groups is 1. The van der Waals surface area contributed by atoms with E-state index in [1.165, 1.54) is 6.26 Å². The summed E-state index contributed by atoms with van der Waals surface area (Å²) < 4.78 is 23.2. The molecule has 0 saturated carbocycles. The van der Waals surface area contributed by atoms with Crippen molar-refractivity contribution in [3.63, 3.8) is 0 Å². The van der Waals surface area contributed by atoms with Crippen LogP contribution in [0.5, 0.6) is 0 Å². The Morgan fingerprint density at radius 2 is 1.50 bits per heavy atom. The third kappa shape index (κ3) is 3.21. The van der Waals surface area contributed by atoms with Gasteiger partial charge in [0.2, 0.25) is 0 Å². The van der Waals surface area contributed by atoms with E-state index < -0.39 is 9.84 Å². The number of aromatic amines is 1. The summed E-state index contributed by atoms with van der Waals surface area (Å²) >= 11 is 0. The van der Waals surface area contributed by atoms with Crippen LogP contribution in [0.3, 0.4) is 0 Å². The van der Waals surface area contributed by atoms with Crippen LogP contribution < -0.4 is 5.32 Å². The Hall–Kier alpha value is -2.53. The first-order valence-corrected chi connectivity index (χ1v) is 9.56. The largest absolute Gasteiger partial charge is 0.388 e. The smallest absolute Gasteiger partial charge is 0.175 e. The zero-order valence-electron chi connectivity index (χ0n) is 13.9. The van der Waals surface area contributed by atoms with E-state index in [9.17, 15) is 8.42 Å². The number of hydrogen-bond donors (Lipinski definition) is 2. The average Bonchev–Trinajstić information content (AvgIpc) is 2.96. The molecule has 0 aliphatic rings. The first kappa shape index (κ1) is 16.3. The van der Waals surface area contributed by atoms with Gasteiger partial charge < -0.3 is 10.3 Å². The number of nitrogens with one attached hydrogen (secondary N) is 2. The molecule has 0 fully saturated rings. The van der Waals surface area contributed by atoms with Crippen LogP contribution in [-0.2, 0) is 9.84 Å². The van der Waals surface area contributed by atoms with Gasteiger partial charge in [-0.05, 0) is 48.4 Å². The van der Waals surface area contributed by atoms with E-state index in [4.69, 9.17) is 0 Å². The summed E-state index contributed by atoms with van der Waals surface area (Å²) in [6.07, 6.45) is 1.22. The van der Waals surface area contributed by atoms with Gasteiger partial charge in [-0.25, -0.2) is 8.42 Å². The SMILES string of the molecule is CNc1ccc(-c2cc(C)[nH]c2-c2ccc(S(C)(=O)=O)cc2)cc1. The van der Waals surface area contributed by atoms with E-state index in [2.05, 4.69) is 28.5 Å². The first-order chi connectivity index (χ1) is 11.4. The maximum Gasteiger partial charge on any atom is 0.175 e. The molecule has 0 bridgehead atoms. The van der Waals surface area contributed by atoms with Crippen LogP contribution in [0.15, 0.2) is 59.5 Å². The van der Waals surface area contributed by atoms with Crippen molar-refractivity contribution in [1.29, 1.82) is 0 Å². The molecule has 0 unspecified atom stereocenters. The van der Waals surface area contributed by atoms with Gasteiger partial charge in [0.15, 0.2) is 9.84 Å². The highest BCUT2D eigenvalue weighted by Crippen LogP contribution is 2.33. The highest BCUT2D eigenvalue weighted by atomic mass is 32.2. The number of benzene rings is 2. The Morgan fingerprint density at radius 3 is 2.04 bits per heavy atom. The number of rotatable bonds is 4. The number of hydrogen-bond acceptors (Lipinski definition) is 3. The predicted octanol–water partition coefficient (Wildman–Crippen LogP) is 4.10. The van der Waals surface area contributed by atoms with Gasteiger partial charge in [0.1, 0.15) is 0 Å². The van der Waals surface area contributed by atoms with Crippen LogP contribution in [0.2, 0.25) is 0 Å². The Balaban J connectivity index is 2.05. The van der Waals surface area contributed by atoms with Crippen molar-refractivity contribution in [2.45, 2.75) is 11.8 Å². The lowest BCUT2D eigenvalue weighted by molar-refractivity contribution is 0.602. The summed E-state index contributed by atoms with van der Waals surface area (Å²) in [5.74, 6) is 0. The Bertz CT molecular complexity index is 954. The van der Waals surface area contributed by atoms with Gasteiger partial charge in [-0.3, -0.25) is 0 Å². The van der Waals surface area contributed by atoms with E-state index in [0.29, 0.717) is 4.90 Å². The van der Waals surface area contributed by atoms with Crippen LogP contribution >= 0.6 is 0 Å². The first-order valence-electron chi connectivity index (χ1n) is 7.67. The fourth-order valence-electron chi connectivity index (χ4n) is 2.73. The summed E-state index contributed by atoms with van der Waals surface area (Å²) in [5, 5.41) is 3.11. The minimum atomic E-state index is -3.18. The predicted molar refractivity (Wildman–Crippen MR) is 99.1 cm³/mol. The average molecular weight is 340 g/mol. The Morgan fingerprint density at radius 1 is 0.917 bits per heavy atom. The Kier molecular flexibility index (Phi) is 4.20. The zero-order valence-corrected chi connectivity index (χ0v) is 14.7. The molecular weight excluding hydrogens is 320 g/mol. The second-order valence-electron chi connectivity index (χ2n) is 5.86. The van der Waals surface area contributed by atoms with Crippen LogP contribution in [0, 0.1) is 6.92 Å². The van der Waals surface area contributed by atoms with Gasteiger partial charge in [-0.1, -0.05) is 24.3 Å². The molecule has 0 aliphatic heterocycles. The highest BCUT2D eigenvalue weighted by Gasteiger charge is 2.12. The molecule has 5 heteroatoms. The molecule has 1 heterocycles. The van der Waals surface area contributed by atoms with E-state index >= 15 is 0 Å². The fraction of sp³-hybridized carbons (Fsp3) is 0.158. The normalized spacial score (nSPS) is 11.5. The zero-order chi connectivity index (χ0) is 17.3. The maximum atomic E-state index is 11.6. The molecule has 0 amide bonds. The van der Waals surface area contributed by atoms with Crippen LogP contribution in [0.4, 0.5) is 5.69 Å². The van der Waals surface area contributed by atoms with Crippen LogP contribution in [0.25, 0.3) is 22.4 Å². The van der Waals surface area contributed by atoms with Crippen molar-refractivity contribution >= 4 is 15.5 Å². The topological polar surface area (TPSA) is 62.0 Å². The van der Waals surface area contributed by atoms with Crippen molar-refractivity contribution in [2.24, 2.45) is 0 Å². The van der Waals surface area contributed by atoms with Crippen molar-refractivity contribution in [3.8, 4) is 22.4 Å². The highest BCUT2D eigenvalue weighted by molar-refractivity contribution is 7.90. The van der Waals surface area contributed by atoms with Crippen molar-refractivity contribution in [3.05, 3.63) is 60.3 Å². The lowest BCUT2D eigenvalue weighted by Crippen LogP contribution is -1.96. The molecule has 2 aromatic carbocycles. The summed E-state index contributed by atoms with van der Waals surface area (Å²) in [5.41, 5.74) is 6.28. The third-order valence-electron chi connectivity index (χ3n) is 4.01. The number of aryl methyl sites for hydroxylation is 1. The van der Waals surface area contributed by atoms with Crippen LogP contribution in [-0.4, -0.2) is 26.7 Å². The summed E-state index contributed by atoms with van der Waals surface area (Å²) in [4.78, 5) is 3.71. The van der Waals surface area contributed by atoms with Gasteiger partial charge in [-0.2, -0.15) is 0 Å². The number of aromatic nitrogens is 1. The molecule has 2 N–H and O–H groups in total. The molecule has 24 heavy (non-hydrogen) atoms. The molecule has 0 spiro atoms. The second kappa shape index (κ2) is 6.17. The molecule has 3 aromatic rings. The monoisotopic (exact) mass is 340 g/mol. The fourth-order valence-corrected chi connectivity index (χ4v) is 3.36. The maximum absolute atomic E-state index is 11.6. The van der Waals surface area contributed by atoms with Gasteiger partial charge >= 0.3 is 0 Å². The van der Waals surface area contributed by atoms with E-state index in [1.54, 1.807) is 12.1 Å². The van der Waals surface area contributed by atoms with Crippen LogP contribution in [0.1, 0.15) is 5.69 Å². The van der Waals surface area contributed by atoms with Gasteiger partial charge in [0.05, 0.1) is 10.6 Å². The quantitative estimate of drug-likeness (QED) is 0.751. The standard InChI is InChI=1S/C19H20N2O2S/c1-13-12-18(14-4-8-16(20-2)9-5-14)19(21-13)15-6-10-17(11-7-15)24(3,22)23/h4-12,20-21H,1-3H3. The Labute approximate surface area is 142 Å². The summed E-state index contributed by atoms with van der Waals surface area (Å²) in [6.45, 7) is 2.01. The van der Waals surface area contributed by atoms with E-state index in [1.807, 2.05) is 38.2 Å². The molecule has 124 valence electrons. The van der Waals surface area contributed by atoms with Crippen molar-refractivity contribution in [2.75, 3.05) is 18.6 Å². The van der Waals surface area contributed by atoms with Gasteiger partial charge in [-0.15, -0.1) is 0 Å². The lowest BCUT2D eigenvalue weighted by Gasteiger charge is -2.07. The van der Waals surface area contributed by atoms with E-state index in [-0.39, 0.29) is 0 Å². The van der Waals surface area contributed by atoms with Crippen molar-refractivity contribution in [1.82, 2.24) is 4.98 Å². The minimum Gasteiger partial charge on any atom is -0.388 e. The molecule has 0 aliphatic carbocycles. The van der Waals surface area contributed by atoms with E-state index in [0.717, 1.165) is 33.8 Å². The molecule has 4 nitrogen and oxygen atoms in total. The lowest BCUT2D eigenvalue weighted by atomic mass is 10.0. The molecule has 1 aromatic heterocycles. The molecule has 0 saturated heterocycles. The number of anilines is 1. The molecule has 0 radical (unpaired) electrons. The minimum absolute atomic E-state index is 0.328. The molecule has 3 rings (SSSR count).